The SMILES string of the molecule is Cc1cnc(C(C)NCc2nnc3n2CCCC3)o1. The molecule has 3 heterocycles. The Morgan fingerprint density at radius 2 is 2.32 bits per heavy atom. The number of hydrogen-bond donors (Lipinski definition) is 1. The van der Waals surface area contributed by atoms with Crippen LogP contribution < -0.4 is 5.32 Å². The van der Waals surface area contributed by atoms with Gasteiger partial charge in [0.15, 0.2) is 0 Å². The van der Waals surface area contributed by atoms with Crippen molar-refractivity contribution in [1.82, 2.24) is 25.1 Å². The molecule has 0 aliphatic carbocycles. The average Bonchev–Trinajstić information content (AvgIpc) is 3.02. The van der Waals surface area contributed by atoms with Crippen LogP contribution in [0.2, 0.25) is 0 Å². The highest BCUT2D eigenvalue weighted by molar-refractivity contribution is 5.00. The third-order valence-electron chi connectivity index (χ3n) is 3.51. The minimum atomic E-state index is 0.0743. The van der Waals surface area contributed by atoms with Gasteiger partial charge >= 0.3 is 0 Å². The molecular formula is C13H19N5O. The second-order valence-electron chi connectivity index (χ2n) is 5.05. The van der Waals surface area contributed by atoms with Crippen molar-refractivity contribution in [2.24, 2.45) is 0 Å². The maximum Gasteiger partial charge on any atom is 0.211 e. The number of aryl methyl sites for hydroxylation is 2. The molecule has 1 aliphatic heterocycles. The van der Waals surface area contributed by atoms with E-state index in [2.05, 4.69) is 25.1 Å². The molecule has 6 nitrogen and oxygen atoms in total. The molecule has 6 heteroatoms. The quantitative estimate of drug-likeness (QED) is 0.908. The molecule has 1 N–H and O–H groups in total. The number of oxazole rings is 1. The van der Waals surface area contributed by atoms with Gasteiger partial charge in [-0.1, -0.05) is 0 Å². The van der Waals surface area contributed by atoms with E-state index in [1.807, 2.05) is 13.8 Å². The monoisotopic (exact) mass is 261 g/mol. The number of hydrogen-bond acceptors (Lipinski definition) is 5. The maximum absolute atomic E-state index is 5.51. The molecule has 1 aliphatic rings. The zero-order chi connectivity index (χ0) is 13.2. The van der Waals surface area contributed by atoms with Gasteiger partial charge in [-0.3, -0.25) is 5.32 Å². The highest BCUT2D eigenvalue weighted by atomic mass is 16.4. The Balaban J connectivity index is 1.64. The van der Waals surface area contributed by atoms with E-state index in [0.717, 1.165) is 36.3 Å². The number of fused-ring (bicyclic) bond motifs is 1. The lowest BCUT2D eigenvalue weighted by Crippen LogP contribution is -2.22. The average molecular weight is 261 g/mol. The predicted octanol–water partition coefficient (Wildman–Crippen LogP) is 1.76. The first-order chi connectivity index (χ1) is 9.24. The Morgan fingerprint density at radius 1 is 1.42 bits per heavy atom. The van der Waals surface area contributed by atoms with Crippen LogP contribution in [0.4, 0.5) is 0 Å². The van der Waals surface area contributed by atoms with E-state index in [1.165, 1.54) is 12.8 Å². The molecule has 102 valence electrons. The minimum absolute atomic E-state index is 0.0743. The van der Waals surface area contributed by atoms with Crippen molar-refractivity contribution in [3.8, 4) is 0 Å². The van der Waals surface area contributed by atoms with Crippen LogP contribution in [-0.2, 0) is 19.5 Å². The molecule has 19 heavy (non-hydrogen) atoms. The van der Waals surface area contributed by atoms with Gasteiger partial charge < -0.3 is 8.98 Å². The highest BCUT2D eigenvalue weighted by Crippen LogP contribution is 2.16. The number of nitrogens with one attached hydrogen (secondary N) is 1. The summed E-state index contributed by atoms with van der Waals surface area (Å²) in [6.45, 7) is 5.66. The Kier molecular flexibility index (Phi) is 3.33. The van der Waals surface area contributed by atoms with Crippen LogP contribution in [0.15, 0.2) is 10.6 Å². The molecule has 0 spiro atoms. The van der Waals surface area contributed by atoms with E-state index in [1.54, 1.807) is 6.20 Å². The second kappa shape index (κ2) is 5.13. The fourth-order valence-electron chi connectivity index (χ4n) is 2.40. The van der Waals surface area contributed by atoms with Crippen LogP contribution >= 0.6 is 0 Å². The molecule has 1 atom stereocenters. The first-order valence-corrected chi connectivity index (χ1v) is 6.80. The van der Waals surface area contributed by atoms with E-state index in [-0.39, 0.29) is 6.04 Å². The summed E-state index contributed by atoms with van der Waals surface area (Å²) in [7, 11) is 0. The fourth-order valence-corrected chi connectivity index (χ4v) is 2.40. The Morgan fingerprint density at radius 3 is 3.11 bits per heavy atom. The van der Waals surface area contributed by atoms with Crippen LogP contribution in [0.3, 0.4) is 0 Å². The summed E-state index contributed by atoms with van der Waals surface area (Å²) < 4.78 is 7.74. The summed E-state index contributed by atoms with van der Waals surface area (Å²) in [6, 6.07) is 0.0743. The molecule has 0 fully saturated rings. The highest BCUT2D eigenvalue weighted by Gasteiger charge is 2.17. The molecule has 0 saturated heterocycles. The lowest BCUT2D eigenvalue weighted by molar-refractivity contribution is 0.395. The smallest absolute Gasteiger partial charge is 0.211 e. The molecule has 2 aromatic heterocycles. The van der Waals surface area contributed by atoms with Crippen molar-refractivity contribution in [3.05, 3.63) is 29.5 Å². The molecule has 0 aromatic carbocycles. The van der Waals surface area contributed by atoms with Gasteiger partial charge in [-0.2, -0.15) is 0 Å². The summed E-state index contributed by atoms with van der Waals surface area (Å²) >= 11 is 0. The van der Waals surface area contributed by atoms with Crippen molar-refractivity contribution < 1.29 is 4.42 Å². The first kappa shape index (κ1) is 12.3. The van der Waals surface area contributed by atoms with Gasteiger partial charge in [0.25, 0.3) is 0 Å². The van der Waals surface area contributed by atoms with Crippen LogP contribution in [0.5, 0.6) is 0 Å². The largest absolute Gasteiger partial charge is 0.444 e. The van der Waals surface area contributed by atoms with Gasteiger partial charge in [-0.25, -0.2) is 4.98 Å². The van der Waals surface area contributed by atoms with E-state index >= 15 is 0 Å². The van der Waals surface area contributed by atoms with Crippen molar-refractivity contribution in [1.29, 1.82) is 0 Å². The van der Waals surface area contributed by atoms with Crippen molar-refractivity contribution in [2.45, 2.75) is 52.2 Å². The standard InChI is InChI=1S/C13H19N5O/c1-9-7-15-13(19-9)10(2)14-8-12-17-16-11-5-3-4-6-18(11)12/h7,10,14H,3-6,8H2,1-2H3. The fraction of sp³-hybridized carbons (Fsp3) is 0.615. The zero-order valence-electron chi connectivity index (χ0n) is 11.4. The normalized spacial score (nSPS) is 16.3. The molecule has 2 aromatic rings. The third-order valence-corrected chi connectivity index (χ3v) is 3.51. The predicted molar refractivity (Wildman–Crippen MR) is 69.5 cm³/mol. The molecule has 0 saturated carbocycles. The van der Waals surface area contributed by atoms with Gasteiger partial charge in [0.1, 0.15) is 17.4 Å². The Hall–Kier alpha value is -1.69. The lowest BCUT2D eigenvalue weighted by Gasteiger charge is -2.16. The topological polar surface area (TPSA) is 68.8 Å². The molecular weight excluding hydrogens is 242 g/mol. The molecule has 0 amide bonds. The molecule has 3 rings (SSSR count). The van der Waals surface area contributed by atoms with Gasteiger partial charge in [0, 0.05) is 13.0 Å². The zero-order valence-corrected chi connectivity index (χ0v) is 11.4. The summed E-state index contributed by atoms with van der Waals surface area (Å²) in [4.78, 5) is 4.23. The van der Waals surface area contributed by atoms with E-state index in [9.17, 15) is 0 Å². The van der Waals surface area contributed by atoms with Crippen molar-refractivity contribution in [3.63, 3.8) is 0 Å². The van der Waals surface area contributed by atoms with Crippen LogP contribution in [0, 0.1) is 6.92 Å². The molecule has 0 bridgehead atoms. The minimum Gasteiger partial charge on any atom is -0.444 e. The first-order valence-electron chi connectivity index (χ1n) is 6.80. The summed E-state index contributed by atoms with van der Waals surface area (Å²) in [5.74, 6) is 3.67. The number of aromatic nitrogens is 4. The Bertz CT molecular complexity index is 559. The van der Waals surface area contributed by atoms with Crippen molar-refractivity contribution >= 4 is 0 Å². The van der Waals surface area contributed by atoms with Crippen LogP contribution in [0.25, 0.3) is 0 Å². The van der Waals surface area contributed by atoms with Crippen molar-refractivity contribution in [2.75, 3.05) is 0 Å². The molecule has 0 radical (unpaired) electrons. The summed E-state index contributed by atoms with van der Waals surface area (Å²) in [6.07, 6.45) is 5.22. The van der Waals surface area contributed by atoms with E-state index in [0.29, 0.717) is 6.54 Å². The van der Waals surface area contributed by atoms with Gasteiger partial charge in [-0.05, 0) is 26.7 Å². The summed E-state index contributed by atoms with van der Waals surface area (Å²) in [5, 5.41) is 11.9. The van der Waals surface area contributed by atoms with E-state index in [4.69, 9.17) is 4.42 Å². The summed E-state index contributed by atoms with van der Waals surface area (Å²) in [5.41, 5.74) is 0. The van der Waals surface area contributed by atoms with Gasteiger partial charge in [0.2, 0.25) is 5.89 Å². The Labute approximate surface area is 112 Å². The maximum atomic E-state index is 5.51. The van der Waals surface area contributed by atoms with Gasteiger partial charge in [0.05, 0.1) is 18.8 Å². The second-order valence-corrected chi connectivity index (χ2v) is 5.05. The number of nitrogens with zero attached hydrogens (tertiary/aromatic N) is 4. The van der Waals surface area contributed by atoms with E-state index < -0.39 is 0 Å². The third kappa shape index (κ3) is 2.53. The lowest BCUT2D eigenvalue weighted by atomic mass is 10.2. The van der Waals surface area contributed by atoms with Crippen LogP contribution in [0.1, 0.15) is 49.1 Å². The van der Waals surface area contributed by atoms with Crippen LogP contribution in [-0.4, -0.2) is 19.7 Å². The van der Waals surface area contributed by atoms with Gasteiger partial charge in [-0.15, -0.1) is 10.2 Å². The number of rotatable bonds is 4. The molecule has 1 unspecified atom stereocenters.